The lowest BCUT2D eigenvalue weighted by atomic mass is 10.0. The Balaban J connectivity index is 1.70. The zero-order chi connectivity index (χ0) is 15.1. The van der Waals surface area contributed by atoms with Crippen molar-refractivity contribution in [3.05, 3.63) is 29.8 Å². The smallest absolute Gasteiger partial charge is 0.119 e. The number of ether oxygens (including phenoxy) is 1. The maximum atomic E-state index is 9.30. The van der Waals surface area contributed by atoms with Crippen LogP contribution in [0, 0.1) is 0 Å². The maximum Gasteiger partial charge on any atom is 0.119 e. The van der Waals surface area contributed by atoms with Gasteiger partial charge in [-0.15, -0.1) is 0 Å². The van der Waals surface area contributed by atoms with Crippen molar-refractivity contribution in [1.82, 2.24) is 4.90 Å². The molecule has 1 aliphatic rings. The molecular formula is C18H29NO2. The fourth-order valence-corrected chi connectivity index (χ4v) is 2.95. The molecule has 1 saturated heterocycles. The Morgan fingerprint density at radius 2 is 2.05 bits per heavy atom. The summed E-state index contributed by atoms with van der Waals surface area (Å²) in [7, 11) is 2.22. The van der Waals surface area contributed by atoms with Crippen molar-refractivity contribution in [1.29, 1.82) is 0 Å². The van der Waals surface area contributed by atoms with E-state index in [1.165, 1.54) is 31.4 Å². The Morgan fingerprint density at radius 3 is 2.71 bits per heavy atom. The predicted octanol–water partition coefficient (Wildman–Crippen LogP) is 3.25. The number of aliphatic hydroxyl groups excluding tert-OH is 1. The van der Waals surface area contributed by atoms with Crippen LogP contribution in [0.5, 0.6) is 5.75 Å². The van der Waals surface area contributed by atoms with Gasteiger partial charge in [0, 0.05) is 6.04 Å². The van der Waals surface area contributed by atoms with Crippen LogP contribution in [0.2, 0.25) is 0 Å². The predicted molar refractivity (Wildman–Crippen MR) is 86.8 cm³/mol. The van der Waals surface area contributed by atoms with Crippen molar-refractivity contribution >= 4 is 0 Å². The summed E-state index contributed by atoms with van der Waals surface area (Å²) in [5.41, 5.74) is 1.26. The number of aliphatic hydroxyl groups is 1. The second-order valence-corrected chi connectivity index (χ2v) is 6.30. The van der Waals surface area contributed by atoms with Gasteiger partial charge in [0.1, 0.15) is 5.75 Å². The van der Waals surface area contributed by atoms with Gasteiger partial charge in [0.25, 0.3) is 0 Å². The van der Waals surface area contributed by atoms with Gasteiger partial charge >= 0.3 is 0 Å². The molecule has 3 nitrogen and oxygen atoms in total. The van der Waals surface area contributed by atoms with E-state index in [2.05, 4.69) is 24.1 Å². The van der Waals surface area contributed by atoms with Crippen molar-refractivity contribution in [2.24, 2.45) is 0 Å². The van der Waals surface area contributed by atoms with Gasteiger partial charge < -0.3 is 14.7 Å². The first-order valence-corrected chi connectivity index (χ1v) is 8.25. The number of hydrogen-bond acceptors (Lipinski definition) is 3. The van der Waals surface area contributed by atoms with E-state index in [0.29, 0.717) is 6.04 Å². The molecule has 2 rings (SSSR count). The third-order valence-electron chi connectivity index (χ3n) is 4.42. The highest BCUT2D eigenvalue weighted by Gasteiger charge is 2.18. The molecule has 21 heavy (non-hydrogen) atoms. The number of rotatable bonds is 7. The molecular weight excluding hydrogens is 262 g/mol. The van der Waals surface area contributed by atoms with Crippen molar-refractivity contribution in [2.45, 2.75) is 57.6 Å². The van der Waals surface area contributed by atoms with E-state index in [-0.39, 0.29) is 6.10 Å². The van der Waals surface area contributed by atoms with Gasteiger partial charge in [0.2, 0.25) is 0 Å². The average molecular weight is 291 g/mol. The number of aryl methyl sites for hydroxylation is 1. The molecule has 2 unspecified atom stereocenters. The largest absolute Gasteiger partial charge is 0.494 e. The molecule has 2 atom stereocenters. The number of piperidine rings is 1. The third kappa shape index (κ3) is 5.68. The first kappa shape index (κ1) is 16.3. The van der Waals surface area contributed by atoms with Gasteiger partial charge in [-0.3, -0.25) is 0 Å². The third-order valence-corrected chi connectivity index (χ3v) is 4.42. The molecule has 0 radical (unpaired) electrons. The lowest BCUT2D eigenvalue weighted by molar-refractivity contribution is 0.153. The van der Waals surface area contributed by atoms with E-state index < -0.39 is 0 Å². The van der Waals surface area contributed by atoms with Crippen LogP contribution in [0.3, 0.4) is 0 Å². The van der Waals surface area contributed by atoms with E-state index >= 15 is 0 Å². The van der Waals surface area contributed by atoms with E-state index in [9.17, 15) is 5.11 Å². The number of benzene rings is 1. The molecule has 0 bridgehead atoms. The van der Waals surface area contributed by atoms with Crippen molar-refractivity contribution in [3.8, 4) is 5.75 Å². The van der Waals surface area contributed by atoms with Crippen LogP contribution in [0.25, 0.3) is 0 Å². The minimum atomic E-state index is -0.228. The Morgan fingerprint density at radius 1 is 1.29 bits per heavy atom. The summed E-state index contributed by atoms with van der Waals surface area (Å²) in [5.74, 6) is 0.953. The summed E-state index contributed by atoms with van der Waals surface area (Å²) in [6, 6.07) is 8.97. The van der Waals surface area contributed by atoms with Gasteiger partial charge in [0.05, 0.1) is 12.7 Å². The van der Waals surface area contributed by atoms with E-state index in [1.54, 1.807) is 0 Å². The summed E-state index contributed by atoms with van der Waals surface area (Å²) in [6.45, 7) is 3.85. The molecule has 1 aromatic rings. The Kier molecular flexibility index (Phi) is 6.52. The summed E-state index contributed by atoms with van der Waals surface area (Å²) in [5, 5.41) is 9.30. The zero-order valence-corrected chi connectivity index (χ0v) is 13.4. The van der Waals surface area contributed by atoms with Gasteiger partial charge in [-0.1, -0.05) is 18.6 Å². The molecule has 118 valence electrons. The highest BCUT2D eigenvalue weighted by atomic mass is 16.5. The lowest BCUT2D eigenvalue weighted by Crippen LogP contribution is -2.37. The summed E-state index contributed by atoms with van der Waals surface area (Å²) in [4.78, 5) is 2.46. The quantitative estimate of drug-likeness (QED) is 0.837. The summed E-state index contributed by atoms with van der Waals surface area (Å²) < 4.78 is 5.86. The molecule has 1 N–H and O–H groups in total. The average Bonchev–Trinajstić information content (AvgIpc) is 2.48. The van der Waals surface area contributed by atoms with Crippen LogP contribution in [-0.2, 0) is 6.42 Å². The number of likely N-dealkylation sites (tertiary alicyclic amines) is 1. The van der Waals surface area contributed by atoms with Crippen LogP contribution in [0.4, 0.5) is 0 Å². The van der Waals surface area contributed by atoms with Crippen molar-refractivity contribution in [3.63, 3.8) is 0 Å². The molecule has 1 aliphatic heterocycles. The normalized spacial score (nSPS) is 21.2. The number of nitrogens with zero attached hydrogens (tertiary/aromatic N) is 1. The first-order valence-electron chi connectivity index (χ1n) is 8.25. The molecule has 0 aromatic heterocycles. The van der Waals surface area contributed by atoms with Crippen LogP contribution in [-0.4, -0.2) is 42.4 Å². The minimum Gasteiger partial charge on any atom is -0.494 e. The minimum absolute atomic E-state index is 0.228. The maximum absolute atomic E-state index is 9.30. The molecule has 1 fully saturated rings. The highest BCUT2D eigenvalue weighted by molar-refractivity contribution is 5.27. The van der Waals surface area contributed by atoms with Gasteiger partial charge in [0.15, 0.2) is 0 Å². The molecule has 0 aliphatic carbocycles. The van der Waals surface area contributed by atoms with Gasteiger partial charge in [-0.25, -0.2) is 0 Å². The molecule has 1 aromatic carbocycles. The Bertz CT molecular complexity index is 402. The van der Waals surface area contributed by atoms with Crippen molar-refractivity contribution in [2.75, 3.05) is 20.2 Å². The second-order valence-electron chi connectivity index (χ2n) is 6.30. The SMILES string of the molecule is CC(O)CCc1ccc(OCCC2CCCCN2C)cc1. The number of hydrogen-bond donors (Lipinski definition) is 1. The monoisotopic (exact) mass is 291 g/mol. The Hall–Kier alpha value is -1.06. The molecule has 0 saturated carbocycles. The molecule has 0 amide bonds. The van der Waals surface area contributed by atoms with Crippen LogP contribution < -0.4 is 4.74 Å². The fourth-order valence-electron chi connectivity index (χ4n) is 2.95. The van der Waals surface area contributed by atoms with Crippen LogP contribution in [0.1, 0.15) is 44.6 Å². The molecule has 0 spiro atoms. The van der Waals surface area contributed by atoms with Crippen LogP contribution >= 0.6 is 0 Å². The van der Waals surface area contributed by atoms with E-state index in [1.807, 2.05) is 19.1 Å². The second kappa shape index (κ2) is 8.40. The lowest BCUT2D eigenvalue weighted by Gasteiger charge is -2.32. The van der Waals surface area contributed by atoms with E-state index in [0.717, 1.165) is 31.6 Å². The first-order chi connectivity index (χ1) is 10.1. The van der Waals surface area contributed by atoms with Crippen molar-refractivity contribution < 1.29 is 9.84 Å². The van der Waals surface area contributed by atoms with E-state index in [4.69, 9.17) is 4.74 Å². The summed E-state index contributed by atoms with van der Waals surface area (Å²) >= 11 is 0. The van der Waals surface area contributed by atoms with Crippen LogP contribution in [0.15, 0.2) is 24.3 Å². The summed E-state index contributed by atoms with van der Waals surface area (Å²) in [6.07, 6.45) is 6.61. The van der Waals surface area contributed by atoms with Gasteiger partial charge in [-0.05, 0) is 70.3 Å². The highest BCUT2D eigenvalue weighted by Crippen LogP contribution is 2.19. The van der Waals surface area contributed by atoms with Gasteiger partial charge in [-0.2, -0.15) is 0 Å². The topological polar surface area (TPSA) is 32.7 Å². The fraction of sp³-hybridized carbons (Fsp3) is 0.667. The zero-order valence-electron chi connectivity index (χ0n) is 13.4. The standard InChI is InChI=1S/C18H29NO2/c1-15(20)6-7-16-8-10-18(11-9-16)21-14-12-17-5-3-4-13-19(17)2/h8-11,15,17,20H,3-7,12-14H2,1-2H3. The molecule has 3 heteroatoms. The Labute approximate surface area is 128 Å². The molecule has 1 heterocycles.